The Morgan fingerprint density at radius 1 is 1.09 bits per heavy atom. The van der Waals surface area contributed by atoms with E-state index in [-0.39, 0.29) is 22.9 Å². The van der Waals surface area contributed by atoms with Crippen LogP contribution in [0, 0.1) is 6.92 Å². The fourth-order valence-electron chi connectivity index (χ4n) is 3.88. The van der Waals surface area contributed by atoms with Crippen molar-refractivity contribution in [2.75, 3.05) is 18.4 Å². The van der Waals surface area contributed by atoms with Crippen LogP contribution in [-0.4, -0.2) is 34.8 Å². The molecule has 1 fully saturated rings. The van der Waals surface area contributed by atoms with Gasteiger partial charge in [-0.2, -0.15) is 13.2 Å². The Balaban J connectivity index is 1.95. The van der Waals surface area contributed by atoms with E-state index >= 15 is 0 Å². The summed E-state index contributed by atoms with van der Waals surface area (Å²) in [5, 5.41) is 1.95. The molecular weight excluding hydrogens is 423 g/mol. The number of aromatic nitrogens is 1. The minimum absolute atomic E-state index is 0.0601. The van der Waals surface area contributed by atoms with Crippen molar-refractivity contribution in [3.63, 3.8) is 0 Å². The first-order chi connectivity index (χ1) is 15.1. The van der Waals surface area contributed by atoms with Gasteiger partial charge >= 0.3 is 6.18 Å². The van der Waals surface area contributed by atoms with Crippen LogP contribution in [0.5, 0.6) is 0 Å². The molecule has 0 spiro atoms. The molecule has 0 unspecified atom stereocenters. The zero-order valence-corrected chi connectivity index (χ0v) is 17.7. The van der Waals surface area contributed by atoms with Crippen molar-refractivity contribution >= 4 is 28.6 Å². The molecule has 1 aliphatic heterocycles. The van der Waals surface area contributed by atoms with E-state index in [1.54, 1.807) is 24.3 Å². The van der Waals surface area contributed by atoms with Crippen LogP contribution in [-0.2, 0) is 11.0 Å². The number of hydrogen-bond donors (Lipinski definition) is 1. The van der Waals surface area contributed by atoms with Gasteiger partial charge in [0.05, 0.1) is 16.6 Å². The van der Waals surface area contributed by atoms with E-state index in [1.165, 1.54) is 4.90 Å². The molecule has 0 radical (unpaired) electrons. The standard InChI is InChI=1S/C23H22F3N3O3/c1-13-6-8-15(9-7-13)17-12-16(23(24,25)26)18-19(27-14(2)30)20(32-21(18)28-17)22(31)29-10-4-3-5-11-29/h6-9,12H,3-5,10-11H2,1-2H3,(H,27,30). The van der Waals surface area contributed by atoms with Crippen LogP contribution in [0.25, 0.3) is 22.4 Å². The van der Waals surface area contributed by atoms with E-state index in [2.05, 4.69) is 10.3 Å². The van der Waals surface area contributed by atoms with E-state index in [9.17, 15) is 22.8 Å². The first-order valence-corrected chi connectivity index (χ1v) is 10.3. The number of fused-ring (bicyclic) bond motifs is 1. The third kappa shape index (κ3) is 4.19. The molecule has 0 aliphatic carbocycles. The largest absolute Gasteiger partial charge is 0.430 e. The van der Waals surface area contributed by atoms with Crippen molar-refractivity contribution in [3.05, 3.63) is 47.2 Å². The SMILES string of the molecule is CC(=O)Nc1c(C(=O)N2CCCCC2)oc2nc(-c3ccc(C)cc3)cc(C(F)(F)F)c12. The molecule has 1 aliphatic rings. The number of carbonyl (C=O) groups is 2. The highest BCUT2D eigenvalue weighted by molar-refractivity contribution is 6.11. The molecule has 0 saturated carbocycles. The van der Waals surface area contributed by atoms with E-state index < -0.39 is 28.9 Å². The summed E-state index contributed by atoms with van der Waals surface area (Å²) >= 11 is 0. The lowest BCUT2D eigenvalue weighted by Crippen LogP contribution is -2.35. The molecule has 1 aromatic carbocycles. The van der Waals surface area contributed by atoms with Crippen molar-refractivity contribution < 1.29 is 27.2 Å². The van der Waals surface area contributed by atoms with Gasteiger partial charge < -0.3 is 14.6 Å². The Hall–Kier alpha value is -3.36. The van der Waals surface area contributed by atoms with Gasteiger partial charge in [-0.05, 0) is 32.3 Å². The van der Waals surface area contributed by atoms with Crippen LogP contribution in [0.2, 0.25) is 0 Å². The molecule has 6 nitrogen and oxygen atoms in total. The van der Waals surface area contributed by atoms with Gasteiger partial charge in [0, 0.05) is 25.6 Å². The van der Waals surface area contributed by atoms with Crippen molar-refractivity contribution in [1.82, 2.24) is 9.88 Å². The zero-order valence-electron chi connectivity index (χ0n) is 17.7. The summed E-state index contributed by atoms with van der Waals surface area (Å²) in [6.45, 7) is 3.98. The predicted molar refractivity (Wildman–Crippen MR) is 113 cm³/mol. The molecule has 1 N–H and O–H groups in total. The molecule has 1 saturated heterocycles. The lowest BCUT2D eigenvalue weighted by atomic mass is 10.0. The summed E-state index contributed by atoms with van der Waals surface area (Å²) in [5.41, 5.74) is -0.179. The Morgan fingerprint density at radius 2 is 1.75 bits per heavy atom. The number of nitrogens with one attached hydrogen (secondary N) is 1. The first kappa shape index (κ1) is 21.9. The molecule has 3 aromatic rings. The minimum Gasteiger partial charge on any atom is -0.430 e. The summed E-state index contributed by atoms with van der Waals surface area (Å²) in [7, 11) is 0. The van der Waals surface area contributed by atoms with Crippen LogP contribution in [0.1, 0.15) is 47.9 Å². The molecule has 9 heteroatoms. The maximum atomic E-state index is 14.1. The molecule has 0 bridgehead atoms. The molecule has 2 amide bonds. The second-order valence-electron chi connectivity index (χ2n) is 7.94. The minimum atomic E-state index is -4.76. The predicted octanol–water partition coefficient (Wildman–Crippen LogP) is 5.41. The number of likely N-dealkylation sites (tertiary alicyclic amines) is 1. The zero-order chi connectivity index (χ0) is 23.0. The third-order valence-corrected chi connectivity index (χ3v) is 5.45. The Bertz CT molecular complexity index is 1180. The van der Waals surface area contributed by atoms with E-state index in [0.29, 0.717) is 18.7 Å². The highest BCUT2D eigenvalue weighted by atomic mass is 19.4. The van der Waals surface area contributed by atoms with Crippen LogP contribution >= 0.6 is 0 Å². The number of pyridine rings is 1. The third-order valence-electron chi connectivity index (χ3n) is 5.45. The number of hydrogen-bond acceptors (Lipinski definition) is 4. The summed E-state index contributed by atoms with van der Waals surface area (Å²) in [6.07, 6.45) is -2.19. The van der Waals surface area contributed by atoms with Gasteiger partial charge in [-0.3, -0.25) is 9.59 Å². The number of aryl methyl sites for hydroxylation is 1. The highest BCUT2D eigenvalue weighted by Crippen LogP contribution is 2.43. The molecule has 168 valence electrons. The average Bonchev–Trinajstić information content (AvgIpc) is 3.10. The van der Waals surface area contributed by atoms with Crippen molar-refractivity contribution in [3.8, 4) is 11.3 Å². The van der Waals surface area contributed by atoms with E-state index in [0.717, 1.165) is 37.8 Å². The Labute approximate surface area is 182 Å². The number of halogens is 3. The number of furan rings is 1. The number of benzene rings is 1. The number of nitrogens with zero attached hydrogens (tertiary/aromatic N) is 2. The van der Waals surface area contributed by atoms with Crippen LogP contribution < -0.4 is 5.32 Å². The van der Waals surface area contributed by atoms with Gasteiger partial charge in [-0.15, -0.1) is 0 Å². The fourth-order valence-corrected chi connectivity index (χ4v) is 3.88. The number of piperidine rings is 1. The summed E-state index contributed by atoms with van der Waals surface area (Å²) < 4.78 is 47.9. The van der Waals surface area contributed by atoms with Crippen molar-refractivity contribution in [2.24, 2.45) is 0 Å². The summed E-state index contributed by atoms with van der Waals surface area (Å²) in [6, 6.07) is 7.79. The second kappa shape index (κ2) is 8.29. The van der Waals surface area contributed by atoms with Crippen molar-refractivity contribution in [1.29, 1.82) is 0 Å². The fraction of sp³-hybridized carbons (Fsp3) is 0.348. The first-order valence-electron chi connectivity index (χ1n) is 10.3. The normalized spacial score (nSPS) is 14.6. The molecule has 3 heterocycles. The summed E-state index contributed by atoms with van der Waals surface area (Å²) in [5.74, 6) is -1.51. The lowest BCUT2D eigenvalue weighted by Gasteiger charge is -2.26. The number of carbonyl (C=O) groups excluding carboxylic acids is 2. The van der Waals surface area contributed by atoms with Crippen LogP contribution in [0.15, 0.2) is 34.7 Å². The Morgan fingerprint density at radius 3 is 2.34 bits per heavy atom. The molecular formula is C23H22F3N3O3. The lowest BCUT2D eigenvalue weighted by molar-refractivity contribution is -0.136. The molecule has 0 atom stereocenters. The van der Waals surface area contributed by atoms with Gasteiger partial charge in [-0.1, -0.05) is 29.8 Å². The second-order valence-corrected chi connectivity index (χ2v) is 7.94. The number of anilines is 1. The van der Waals surface area contributed by atoms with Gasteiger partial charge in [-0.25, -0.2) is 4.98 Å². The van der Waals surface area contributed by atoms with Crippen LogP contribution in [0.3, 0.4) is 0 Å². The van der Waals surface area contributed by atoms with Crippen molar-refractivity contribution in [2.45, 2.75) is 39.3 Å². The monoisotopic (exact) mass is 445 g/mol. The van der Waals surface area contributed by atoms with E-state index in [1.807, 2.05) is 6.92 Å². The summed E-state index contributed by atoms with van der Waals surface area (Å²) in [4.78, 5) is 30.7. The molecule has 2 aromatic heterocycles. The quantitative estimate of drug-likeness (QED) is 0.585. The van der Waals surface area contributed by atoms with Gasteiger partial charge in [0.15, 0.2) is 0 Å². The topological polar surface area (TPSA) is 75.4 Å². The van der Waals surface area contributed by atoms with Gasteiger partial charge in [0.25, 0.3) is 5.91 Å². The number of alkyl halides is 3. The van der Waals surface area contributed by atoms with Crippen LogP contribution in [0.4, 0.5) is 18.9 Å². The Kier molecular flexibility index (Phi) is 5.66. The molecule has 4 rings (SSSR count). The van der Waals surface area contributed by atoms with Gasteiger partial charge in [0.1, 0.15) is 5.69 Å². The number of rotatable bonds is 3. The number of amides is 2. The molecule has 32 heavy (non-hydrogen) atoms. The highest BCUT2D eigenvalue weighted by Gasteiger charge is 2.38. The van der Waals surface area contributed by atoms with E-state index in [4.69, 9.17) is 4.42 Å². The maximum Gasteiger partial charge on any atom is 0.417 e. The smallest absolute Gasteiger partial charge is 0.417 e. The average molecular weight is 445 g/mol. The maximum absolute atomic E-state index is 14.1. The van der Waals surface area contributed by atoms with Gasteiger partial charge in [0.2, 0.25) is 17.4 Å².